The quantitative estimate of drug-likeness (QED) is 0.756. The maximum Gasteiger partial charge on any atom is 0.208 e. The summed E-state index contributed by atoms with van der Waals surface area (Å²) in [5.74, 6) is 1.48. The molecule has 20 heavy (non-hydrogen) atoms. The summed E-state index contributed by atoms with van der Waals surface area (Å²) in [6.07, 6.45) is 0. The average molecular weight is 265 g/mol. The molecule has 0 radical (unpaired) electrons. The molecule has 1 heterocycles. The van der Waals surface area contributed by atoms with Gasteiger partial charge >= 0.3 is 0 Å². The molecule has 102 valence electrons. The molecule has 0 amide bonds. The van der Waals surface area contributed by atoms with Crippen LogP contribution >= 0.6 is 0 Å². The molecule has 3 heteroatoms. The van der Waals surface area contributed by atoms with E-state index in [1.165, 1.54) is 5.52 Å². The van der Waals surface area contributed by atoms with Crippen molar-refractivity contribution in [2.24, 2.45) is 5.92 Å². The number of nitrogens with one attached hydrogen (secondary N) is 1. The first-order chi connectivity index (χ1) is 9.74. The number of nitrogens with zero attached hydrogens (tertiary/aromatic N) is 2. The lowest BCUT2D eigenvalue weighted by Crippen LogP contribution is -2.08. The zero-order chi connectivity index (χ0) is 13.9. The van der Waals surface area contributed by atoms with Crippen LogP contribution in [0.3, 0.4) is 0 Å². The topological polar surface area (TPSA) is 29.9 Å². The standard InChI is InChI=1S/C17H19N3/c1-13(2)12-20-16-11-7-6-10-15(16)19-17(20)18-14-8-4-3-5-9-14/h3-11,13H,12H2,1-2H3,(H,18,19). The molecule has 3 nitrogen and oxygen atoms in total. The second kappa shape index (κ2) is 5.37. The van der Waals surface area contributed by atoms with E-state index in [1.807, 2.05) is 24.3 Å². The molecule has 1 N–H and O–H groups in total. The molecular formula is C17H19N3. The maximum atomic E-state index is 4.71. The van der Waals surface area contributed by atoms with Crippen LogP contribution in [0, 0.1) is 5.92 Å². The van der Waals surface area contributed by atoms with Gasteiger partial charge in [-0.1, -0.05) is 44.2 Å². The number of fused-ring (bicyclic) bond motifs is 1. The maximum absolute atomic E-state index is 4.71. The molecule has 1 aromatic heterocycles. The molecule has 2 aromatic carbocycles. The number of imidazole rings is 1. The Balaban J connectivity index is 2.04. The zero-order valence-electron chi connectivity index (χ0n) is 11.9. The second-order valence-corrected chi connectivity index (χ2v) is 5.42. The summed E-state index contributed by atoms with van der Waals surface area (Å²) in [5.41, 5.74) is 3.28. The third kappa shape index (κ3) is 2.52. The van der Waals surface area contributed by atoms with Gasteiger partial charge in [0.15, 0.2) is 0 Å². The van der Waals surface area contributed by atoms with Gasteiger partial charge in [-0.05, 0) is 30.2 Å². The van der Waals surface area contributed by atoms with E-state index < -0.39 is 0 Å². The summed E-state index contributed by atoms with van der Waals surface area (Å²) in [6.45, 7) is 5.40. The fourth-order valence-corrected chi connectivity index (χ4v) is 2.37. The number of hydrogen-bond acceptors (Lipinski definition) is 2. The van der Waals surface area contributed by atoms with Crippen LogP contribution in [0.25, 0.3) is 11.0 Å². The molecule has 0 fully saturated rings. The summed E-state index contributed by atoms with van der Waals surface area (Å²) < 4.78 is 2.26. The van der Waals surface area contributed by atoms with Crippen molar-refractivity contribution in [2.75, 3.05) is 5.32 Å². The van der Waals surface area contributed by atoms with Gasteiger partial charge < -0.3 is 9.88 Å². The minimum absolute atomic E-state index is 0.573. The monoisotopic (exact) mass is 265 g/mol. The molecular weight excluding hydrogens is 246 g/mol. The van der Waals surface area contributed by atoms with Crippen LogP contribution in [0.5, 0.6) is 0 Å². The van der Waals surface area contributed by atoms with Gasteiger partial charge in [0.2, 0.25) is 5.95 Å². The van der Waals surface area contributed by atoms with E-state index >= 15 is 0 Å². The van der Waals surface area contributed by atoms with Gasteiger partial charge in [0.05, 0.1) is 11.0 Å². The molecule has 0 atom stereocenters. The Morgan fingerprint density at radius 2 is 1.70 bits per heavy atom. The lowest BCUT2D eigenvalue weighted by molar-refractivity contribution is 0.537. The number of benzene rings is 2. The van der Waals surface area contributed by atoms with Crippen LogP contribution in [-0.2, 0) is 6.54 Å². The van der Waals surface area contributed by atoms with Crippen LogP contribution in [0.4, 0.5) is 11.6 Å². The van der Waals surface area contributed by atoms with Gasteiger partial charge in [-0.2, -0.15) is 0 Å². The van der Waals surface area contributed by atoms with Gasteiger partial charge in [0, 0.05) is 12.2 Å². The van der Waals surface area contributed by atoms with Crippen molar-refractivity contribution in [3.05, 3.63) is 54.6 Å². The Bertz CT molecular complexity index is 699. The van der Waals surface area contributed by atoms with E-state index in [-0.39, 0.29) is 0 Å². The van der Waals surface area contributed by atoms with Crippen molar-refractivity contribution in [1.82, 2.24) is 9.55 Å². The highest BCUT2D eigenvalue weighted by atomic mass is 15.2. The summed E-state index contributed by atoms with van der Waals surface area (Å²) in [6, 6.07) is 18.5. The van der Waals surface area contributed by atoms with Crippen molar-refractivity contribution in [1.29, 1.82) is 0 Å². The number of hydrogen-bond donors (Lipinski definition) is 1. The third-order valence-electron chi connectivity index (χ3n) is 3.23. The fraction of sp³-hybridized carbons (Fsp3) is 0.235. The van der Waals surface area contributed by atoms with E-state index in [4.69, 9.17) is 4.98 Å². The first kappa shape index (κ1) is 12.7. The normalized spacial score (nSPS) is 11.2. The summed E-state index contributed by atoms with van der Waals surface area (Å²) >= 11 is 0. The summed E-state index contributed by atoms with van der Waals surface area (Å²) in [5, 5.41) is 3.42. The molecule has 0 saturated heterocycles. The first-order valence-corrected chi connectivity index (χ1v) is 7.01. The van der Waals surface area contributed by atoms with E-state index in [2.05, 4.69) is 54.1 Å². The minimum atomic E-state index is 0.573. The van der Waals surface area contributed by atoms with E-state index in [1.54, 1.807) is 0 Å². The lowest BCUT2D eigenvalue weighted by Gasteiger charge is -2.12. The van der Waals surface area contributed by atoms with Crippen LogP contribution in [0.15, 0.2) is 54.6 Å². The van der Waals surface area contributed by atoms with Crippen molar-refractivity contribution in [3.63, 3.8) is 0 Å². The van der Waals surface area contributed by atoms with Crippen LogP contribution in [0.1, 0.15) is 13.8 Å². The average Bonchev–Trinajstić information content (AvgIpc) is 2.78. The van der Waals surface area contributed by atoms with E-state index in [9.17, 15) is 0 Å². The Morgan fingerprint density at radius 3 is 2.45 bits per heavy atom. The van der Waals surface area contributed by atoms with E-state index in [0.29, 0.717) is 5.92 Å². The highest BCUT2D eigenvalue weighted by Gasteiger charge is 2.11. The number of rotatable bonds is 4. The molecule has 3 aromatic rings. The van der Waals surface area contributed by atoms with Crippen molar-refractivity contribution >= 4 is 22.7 Å². The number of para-hydroxylation sites is 3. The fourth-order valence-electron chi connectivity index (χ4n) is 2.37. The smallest absolute Gasteiger partial charge is 0.208 e. The number of aromatic nitrogens is 2. The molecule has 3 rings (SSSR count). The lowest BCUT2D eigenvalue weighted by atomic mass is 10.2. The molecule has 0 spiro atoms. The van der Waals surface area contributed by atoms with Crippen LogP contribution < -0.4 is 5.32 Å². The van der Waals surface area contributed by atoms with Gasteiger partial charge in [-0.25, -0.2) is 4.98 Å². The van der Waals surface area contributed by atoms with E-state index in [0.717, 1.165) is 23.7 Å². The summed E-state index contributed by atoms with van der Waals surface area (Å²) in [7, 11) is 0. The van der Waals surface area contributed by atoms with Crippen molar-refractivity contribution in [2.45, 2.75) is 20.4 Å². The van der Waals surface area contributed by atoms with Crippen LogP contribution in [0.2, 0.25) is 0 Å². The predicted molar refractivity (Wildman–Crippen MR) is 84.3 cm³/mol. The van der Waals surface area contributed by atoms with Gasteiger partial charge in [0.1, 0.15) is 0 Å². The summed E-state index contributed by atoms with van der Waals surface area (Å²) in [4.78, 5) is 4.71. The van der Waals surface area contributed by atoms with Crippen LogP contribution in [-0.4, -0.2) is 9.55 Å². The molecule has 0 aliphatic carbocycles. The largest absolute Gasteiger partial charge is 0.326 e. The second-order valence-electron chi connectivity index (χ2n) is 5.42. The van der Waals surface area contributed by atoms with Crippen molar-refractivity contribution in [3.8, 4) is 0 Å². The van der Waals surface area contributed by atoms with Crippen molar-refractivity contribution < 1.29 is 0 Å². The molecule has 0 saturated carbocycles. The van der Waals surface area contributed by atoms with Gasteiger partial charge in [0.25, 0.3) is 0 Å². The molecule has 0 aliphatic heterocycles. The molecule has 0 aliphatic rings. The minimum Gasteiger partial charge on any atom is -0.326 e. The predicted octanol–water partition coefficient (Wildman–Crippen LogP) is 4.44. The zero-order valence-corrected chi connectivity index (χ0v) is 11.9. The Kier molecular flexibility index (Phi) is 3.42. The SMILES string of the molecule is CC(C)Cn1c(Nc2ccccc2)nc2ccccc21. The Labute approximate surface area is 119 Å². The highest BCUT2D eigenvalue weighted by Crippen LogP contribution is 2.23. The molecule has 0 unspecified atom stereocenters. The Hall–Kier alpha value is -2.29. The first-order valence-electron chi connectivity index (χ1n) is 7.01. The third-order valence-corrected chi connectivity index (χ3v) is 3.23. The number of anilines is 2. The van der Waals surface area contributed by atoms with Gasteiger partial charge in [-0.3, -0.25) is 0 Å². The highest BCUT2D eigenvalue weighted by molar-refractivity contribution is 5.79. The van der Waals surface area contributed by atoms with Gasteiger partial charge in [-0.15, -0.1) is 0 Å². The molecule has 0 bridgehead atoms. The Morgan fingerprint density at radius 1 is 1.00 bits per heavy atom.